The SMILES string of the molecule is COC(=O)c1c(C)oc(NC(=O)/C=C/c2ccc(Cl)cc2)c1C#N. The third kappa shape index (κ3) is 3.83. The Kier molecular flexibility index (Phi) is 5.40. The van der Waals surface area contributed by atoms with Crippen molar-refractivity contribution in [3.05, 3.63) is 57.8 Å². The molecule has 1 amide bonds. The highest BCUT2D eigenvalue weighted by Gasteiger charge is 2.24. The van der Waals surface area contributed by atoms with Gasteiger partial charge in [-0.05, 0) is 30.7 Å². The molecule has 24 heavy (non-hydrogen) atoms. The van der Waals surface area contributed by atoms with E-state index in [0.29, 0.717) is 5.02 Å². The van der Waals surface area contributed by atoms with E-state index >= 15 is 0 Å². The fourth-order valence-corrected chi connectivity index (χ4v) is 2.11. The maximum absolute atomic E-state index is 12.0. The minimum absolute atomic E-state index is 0.00280. The van der Waals surface area contributed by atoms with E-state index < -0.39 is 11.9 Å². The highest BCUT2D eigenvalue weighted by Crippen LogP contribution is 2.27. The third-order valence-corrected chi connectivity index (χ3v) is 3.37. The standard InChI is InChI=1S/C17H13ClN2O4/c1-10-15(17(22)23-2)13(9-19)16(24-10)20-14(21)8-5-11-3-6-12(18)7-4-11/h3-8H,1-2H3,(H,20,21)/b8-5+. The summed E-state index contributed by atoms with van der Waals surface area (Å²) in [5, 5.41) is 12.2. The minimum atomic E-state index is -0.704. The number of methoxy groups -OCH3 is 1. The molecular formula is C17H13ClN2O4. The molecule has 1 N–H and O–H groups in total. The lowest BCUT2D eigenvalue weighted by Crippen LogP contribution is -2.09. The molecule has 0 saturated carbocycles. The van der Waals surface area contributed by atoms with Crippen molar-refractivity contribution in [3.8, 4) is 6.07 Å². The van der Waals surface area contributed by atoms with Gasteiger partial charge in [0.15, 0.2) is 0 Å². The van der Waals surface area contributed by atoms with Crippen molar-refractivity contribution in [2.45, 2.75) is 6.92 Å². The first-order valence-electron chi connectivity index (χ1n) is 6.82. The lowest BCUT2D eigenvalue weighted by atomic mass is 10.1. The maximum Gasteiger partial charge on any atom is 0.342 e. The number of amides is 1. The molecule has 1 aromatic heterocycles. The van der Waals surface area contributed by atoms with Crippen LogP contribution < -0.4 is 5.32 Å². The summed E-state index contributed by atoms with van der Waals surface area (Å²) >= 11 is 5.79. The van der Waals surface area contributed by atoms with E-state index in [9.17, 15) is 14.9 Å². The maximum atomic E-state index is 12.0. The van der Waals surface area contributed by atoms with Crippen LogP contribution >= 0.6 is 11.6 Å². The molecule has 0 aliphatic carbocycles. The Morgan fingerprint density at radius 2 is 2.00 bits per heavy atom. The number of hydrogen-bond donors (Lipinski definition) is 1. The number of rotatable bonds is 4. The van der Waals surface area contributed by atoms with Crippen LogP contribution in [0.25, 0.3) is 6.08 Å². The van der Waals surface area contributed by atoms with E-state index in [0.717, 1.165) is 5.56 Å². The lowest BCUT2D eigenvalue weighted by Gasteiger charge is -1.99. The second-order valence-electron chi connectivity index (χ2n) is 4.71. The van der Waals surface area contributed by atoms with Crippen LogP contribution in [0.15, 0.2) is 34.8 Å². The normalized spacial score (nSPS) is 10.4. The van der Waals surface area contributed by atoms with Gasteiger partial charge in [-0.1, -0.05) is 23.7 Å². The Morgan fingerprint density at radius 3 is 2.58 bits per heavy atom. The number of halogens is 1. The van der Waals surface area contributed by atoms with Crippen LogP contribution in [0.1, 0.15) is 27.2 Å². The number of carbonyl (C=O) groups excluding carboxylic acids is 2. The Labute approximate surface area is 143 Å². The smallest absolute Gasteiger partial charge is 0.342 e. The van der Waals surface area contributed by atoms with Gasteiger partial charge >= 0.3 is 5.97 Å². The fraction of sp³-hybridized carbons (Fsp3) is 0.118. The minimum Gasteiger partial charge on any atom is -0.465 e. The van der Waals surface area contributed by atoms with Gasteiger partial charge in [-0.25, -0.2) is 4.79 Å². The van der Waals surface area contributed by atoms with E-state index in [1.54, 1.807) is 30.3 Å². The van der Waals surface area contributed by atoms with Gasteiger partial charge in [0, 0.05) is 11.1 Å². The molecule has 1 aromatic carbocycles. The molecule has 0 unspecified atom stereocenters. The van der Waals surface area contributed by atoms with Crippen LogP contribution in [-0.2, 0) is 9.53 Å². The molecule has 0 spiro atoms. The Hall–Kier alpha value is -3.04. The molecular weight excluding hydrogens is 332 g/mol. The highest BCUT2D eigenvalue weighted by atomic mass is 35.5. The zero-order chi connectivity index (χ0) is 17.7. The predicted molar refractivity (Wildman–Crippen MR) is 88.6 cm³/mol. The Morgan fingerprint density at radius 1 is 1.33 bits per heavy atom. The first kappa shape index (κ1) is 17.3. The molecule has 0 bridgehead atoms. The van der Waals surface area contributed by atoms with E-state index in [4.69, 9.17) is 16.0 Å². The quantitative estimate of drug-likeness (QED) is 0.676. The molecule has 2 aromatic rings. The van der Waals surface area contributed by atoms with Crippen LogP contribution in [0.4, 0.5) is 5.88 Å². The predicted octanol–water partition coefficient (Wildman–Crippen LogP) is 3.55. The van der Waals surface area contributed by atoms with Crippen molar-refractivity contribution in [1.82, 2.24) is 0 Å². The van der Waals surface area contributed by atoms with Gasteiger partial charge in [-0.2, -0.15) is 5.26 Å². The number of hydrogen-bond acceptors (Lipinski definition) is 5. The van der Waals surface area contributed by atoms with Crippen LogP contribution in [0.5, 0.6) is 0 Å². The van der Waals surface area contributed by atoms with Gasteiger partial charge in [0.25, 0.3) is 5.91 Å². The number of ether oxygens (including phenoxy) is 1. The van der Waals surface area contributed by atoms with E-state index in [2.05, 4.69) is 10.1 Å². The summed E-state index contributed by atoms with van der Waals surface area (Å²) in [5.74, 6) is -1.12. The average molecular weight is 345 g/mol. The van der Waals surface area contributed by atoms with Crippen molar-refractivity contribution in [1.29, 1.82) is 5.26 Å². The summed E-state index contributed by atoms with van der Waals surface area (Å²) < 4.78 is 9.90. The second kappa shape index (κ2) is 7.49. The number of aryl methyl sites for hydroxylation is 1. The number of nitriles is 1. The summed E-state index contributed by atoms with van der Waals surface area (Å²) in [6, 6.07) is 8.74. The zero-order valence-corrected chi connectivity index (χ0v) is 13.7. The number of anilines is 1. The summed E-state index contributed by atoms with van der Waals surface area (Å²) in [5.41, 5.74) is 0.700. The van der Waals surface area contributed by atoms with Crippen LogP contribution in [0.2, 0.25) is 5.02 Å². The van der Waals surface area contributed by atoms with Gasteiger partial charge in [-0.15, -0.1) is 0 Å². The molecule has 7 heteroatoms. The second-order valence-corrected chi connectivity index (χ2v) is 5.15. The van der Waals surface area contributed by atoms with Crippen LogP contribution in [-0.4, -0.2) is 19.0 Å². The summed E-state index contributed by atoms with van der Waals surface area (Å²) in [6.45, 7) is 1.51. The van der Waals surface area contributed by atoms with Crippen LogP contribution in [0, 0.1) is 18.3 Å². The molecule has 0 fully saturated rings. The van der Waals surface area contributed by atoms with Gasteiger partial charge < -0.3 is 9.15 Å². The van der Waals surface area contributed by atoms with Gasteiger partial charge in [-0.3, -0.25) is 10.1 Å². The van der Waals surface area contributed by atoms with Crippen molar-refractivity contribution in [2.75, 3.05) is 12.4 Å². The average Bonchev–Trinajstić information content (AvgIpc) is 2.88. The van der Waals surface area contributed by atoms with Gasteiger partial charge in [0.05, 0.1) is 7.11 Å². The first-order valence-corrected chi connectivity index (χ1v) is 7.20. The molecule has 122 valence electrons. The Balaban J connectivity index is 2.19. The van der Waals surface area contributed by atoms with Crippen molar-refractivity contribution >= 4 is 35.4 Å². The topological polar surface area (TPSA) is 92.3 Å². The van der Waals surface area contributed by atoms with Crippen LogP contribution in [0.3, 0.4) is 0 Å². The van der Waals surface area contributed by atoms with E-state index in [1.807, 2.05) is 6.07 Å². The monoisotopic (exact) mass is 344 g/mol. The van der Waals surface area contributed by atoms with E-state index in [-0.39, 0.29) is 22.8 Å². The lowest BCUT2D eigenvalue weighted by molar-refractivity contribution is -0.111. The van der Waals surface area contributed by atoms with Crippen molar-refractivity contribution < 1.29 is 18.7 Å². The molecule has 2 rings (SSSR count). The molecule has 0 saturated heterocycles. The molecule has 0 aliphatic heterocycles. The van der Waals surface area contributed by atoms with E-state index in [1.165, 1.54) is 20.1 Å². The van der Waals surface area contributed by atoms with Crippen molar-refractivity contribution in [2.24, 2.45) is 0 Å². The largest absolute Gasteiger partial charge is 0.465 e. The highest BCUT2D eigenvalue weighted by molar-refractivity contribution is 6.30. The third-order valence-electron chi connectivity index (χ3n) is 3.12. The number of esters is 1. The number of nitrogens with zero attached hydrogens (tertiary/aromatic N) is 1. The summed E-state index contributed by atoms with van der Waals surface area (Å²) in [4.78, 5) is 23.7. The number of carbonyl (C=O) groups is 2. The first-order chi connectivity index (χ1) is 11.5. The number of furan rings is 1. The fourth-order valence-electron chi connectivity index (χ4n) is 1.99. The molecule has 6 nitrogen and oxygen atoms in total. The molecule has 1 heterocycles. The number of benzene rings is 1. The summed E-state index contributed by atoms with van der Waals surface area (Å²) in [7, 11) is 1.20. The van der Waals surface area contributed by atoms with Gasteiger partial charge in [0.1, 0.15) is 23.0 Å². The number of nitrogens with one attached hydrogen (secondary N) is 1. The summed E-state index contributed by atoms with van der Waals surface area (Å²) in [6.07, 6.45) is 2.86. The molecule has 0 radical (unpaired) electrons. The zero-order valence-electron chi connectivity index (χ0n) is 12.9. The molecule has 0 aliphatic rings. The van der Waals surface area contributed by atoms with Crippen molar-refractivity contribution in [3.63, 3.8) is 0 Å². The Bertz CT molecular complexity index is 845. The molecule has 0 atom stereocenters. The van der Waals surface area contributed by atoms with Gasteiger partial charge in [0.2, 0.25) is 5.88 Å².